The van der Waals surface area contributed by atoms with Gasteiger partial charge in [-0.05, 0) is 24.6 Å². The zero-order valence-corrected chi connectivity index (χ0v) is 15.0. The Labute approximate surface area is 151 Å². The first kappa shape index (κ1) is 17.2. The Morgan fingerprint density at radius 2 is 2.12 bits per heavy atom. The second kappa shape index (κ2) is 6.81. The van der Waals surface area contributed by atoms with Crippen molar-refractivity contribution >= 4 is 5.91 Å². The SMILES string of the molecule is Cc1c(CN2C[C@H](c3ccc(F)cc3)[C@H]3OCC(=O)NC[C@H]32)cnn1C. The molecule has 0 spiro atoms. The van der Waals surface area contributed by atoms with Crippen molar-refractivity contribution in [3.63, 3.8) is 0 Å². The summed E-state index contributed by atoms with van der Waals surface area (Å²) < 4.78 is 21.2. The maximum atomic E-state index is 13.3. The number of rotatable bonds is 3. The van der Waals surface area contributed by atoms with Crippen LogP contribution in [0.5, 0.6) is 0 Å². The van der Waals surface area contributed by atoms with Crippen molar-refractivity contribution in [3.8, 4) is 0 Å². The molecule has 138 valence electrons. The average molecular weight is 358 g/mol. The van der Waals surface area contributed by atoms with Crippen LogP contribution in [0.3, 0.4) is 0 Å². The molecular weight excluding hydrogens is 335 g/mol. The van der Waals surface area contributed by atoms with E-state index in [1.807, 2.05) is 30.1 Å². The number of aromatic nitrogens is 2. The summed E-state index contributed by atoms with van der Waals surface area (Å²) in [6.45, 7) is 4.22. The van der Waals surface area contributed by atoms with Gasteiger partial charge < -0.3 is 10.1 Å². The number of benzene rings is 1. The van der Waals surface area contributed by atoms with Crippen molar-refractivity contribution in [3.05, 3.63) is 53.1 Å². The summed E-state index contributed by atoms with van der Waals surface area (Å²) in [5.41, 5.74) is 3.34. The van der Waals surface area contributed by atoms with Crippen LogP contribution in [0.4, 0.5) is 4.39 Å². The Morgan fingerprint density at radius 1 is 1.35 bits per heavy atom. The molecule has 3 heterocycles. The number of aryl methyl sites for hydroxylation is 1. The number of nitrogens with one attached hydrogen (secondary N) is 1. The van der Waals surface area contributed by atoms with Gasteiger partial charge in [-0.15, -0.1) is 0 Å². The van der Waals surface area contributed by atoms with Gasteiger partial charge in [-0.3, -0.25) is 14.4 Å². The van der Waals surface area contributed by atoms with Crippen LogP contribution in [0.2, 0.25) is 0 Å². The number of carbonyl (C=O) groups excluding carboxylic acids is 1. The molecule has 1 N–H and O–H groups in total. The fraction of sp³-hybridized carbons (Fsp3) is 0.474. The second-order valence-corrected chi connectivity index (χ2v) is 7.11. The Kier molecular flexibility index (Phi) is 4.50. The Hall–Kier alpha value is -2.25. The summed E-state index contributed by atoms with van der Waals surface area (Å²) in [4.78, 5) is 14.1. The van der Waals surface area contributed by atoms with E-state index in [2.05, 4.69) is 22.2 Å². The van der Waals surface area contributed by atoms with Gasteiger partial charge in [-0.1, -0.05) is 12.1 Å². The van der Waals surface area contributed by atoms with Gasteiger partial charge in [-0.2, -0.15) is 5.10 Å². The van der Waals surface area contributed by atoms with Crippen molar-refractivity contribution in [2.45, 2.75) is 31.5 Å². The van der Waals surface area contributed by atoms with Gasteiger partial charge in [0.1, 0.15) is 12.4 Å². The van der Waals surface area contributed by atoms with Gasteiger partial charge in [0.25, 0.3) is 0 Å². The van der Waals surface area contributed by atoms with Crippen molar-refractivity contribution in [1.29, 1.82) is 0 Å². The standard InChI is InChI=1S/C19H23FN4O2/c1-12-14(7-22-23(12)2)9-24-10-16(13-3-5-15(20)6-4-13)19-17(24)8-21-18(25)11-26-19/h3-7,16-17,19H,8-11H2,1-2H3,(H,21,25)/t16-,17-,19-/m1/s1. The predicted octanol–water partition coefficient (Wildman–Crippen LogP) is 1.35. The number of halogens is 1. The van der Waals surface area contributed by atoms with E-state index in [1.165, 1.54) is 17.7 Å². The lowest BCUT2D eigenvalue weighted by Gasteiger charge is -2.26. The van der Waals surface area contributed by atoms with E-state index in [1.54, 1.807) is 0 Å². The Morgan fingerprint density at radius 3 is 2.81 bits per heavy atom. The smallest absolute Gasteiger partial charge is 0.246 e. The molecule has 6 nitrogen and oxygen atoms in total. The van der Waals surface area contributed by atoms with Crippen LogP contribution in [0.1, 0.15) is 22.7 Å². The molecule has 0 radical (unpaired) electrons. The fourth-order valence-electron chi connectivity index (χ4n) is 3.99. The van der Waals surface area contributed by atoms with Gasteiger partial charge in [0.05, 0.1) is 18.3 Å². The van der Waals surface area contributed by atoms with Crippen LogP contribution in [-0.2, 0) is 23.1 Å². The molecule has 2 aliphatic rings. The Balaban J connectivity index is 1.62. The van der Waals surface area contributed by atoms with E-state index >= 15 is 0 Å². The molecule has 26 heavy (non-hydrogen) atoms. The molecule has 0 bridgehead atoms. The number of carbonyl (C=O) groups is 1. The topological polar surface area (TPSA) is 59.4 Å². The molecule has 0 aliphatic carbocycles. The molecule has 0 unspecified atom stereocenters. The van der Waals surface area contributed by atoms with Crippen molar-refractivity contribution < 1.29 is 13.9 Å². The number of amides is 1. The van der Waals surface area contributed by atoms with E-state index in [4.69, 9.17) is 4.74 Å². The van der Waals surface area contributed by atoms with Crippen molar-refractivity contribution in [1.82, 2.24) is 20.0 Å². The number of hydrogen-bond acceptors (Lipinski definition) is 4. The quantitative estimate of drug-likeness (QED) is 0.900. The first-order valence-corrected chi connectivity index (χ1v) is 8.88. The predicted molar refractivity (Wildman–Crippen MR) is 94.0 cm³/mol. The largest absolute Gasteiger partial charge is 0.366 e. The maximum absolute atomic E-state index is 13.3. The van der Waals surface area contributed by atoms with Crippen LogP contribution in [-0.4, -0.2) is 52.4 Å². The molecule has 3 atom stereocenters. The molecule has 2 fully saturated rings. The molecule has 1 amide bonds. The highest BCUT2D eigenvalue weighted by Gasteiger charge is 2.44. The number of nitrogens with zero attached hydrogens (tertiary/aromatic N) is 3. The van der Waals surface area contributed by atoms with Crippen LogP contribution in [0, 0.1) is 12.7 Å². The molecule has 2 aromatic rings. The summed E-state index contributed by atoms with van der Waals surface area (Å²) in [7, 11) is 1.93. The monoisotopic (exact) mass is 358 g/mol. The number of ether oxygens (including phenoxy) is 1. The molecule has 7 heteroatoms. The molecular formula is C19H23FN4O2. The molecule has 1 aromatic carbocycles. The lowest BCUT2D eigenvalue weighted by molar-refractivity contribution is -0.125. The van der Waals surface area contributed by atoms with Crippen LogP contribution in [0.25, 0.3) is 0 Å². The summed E-state index contributed by atoms with van der Waals surface area (Å²) >= 11 is 0. The maximum Gasteiger partial charge on any atom is 0.246 e. The molecule has 2 aliphatic heterocycles. The van der Waals surface area contributed by atoms with Crippen LogP contribution >= 0.6 is 0 Å². The van der Waals surface area contributed by atoms with Crippen LogP contribution in [0.15, 0.2) is 30.5 Å². The lowest BCUT2D eigenvalue weighted by atomic mass is 9.93. The van der Waals surface area contributed by atoms with Crippen molar-refractivity contribution in [2.24, 2.45) is 7.05 Å². The summed E-state index contributed by atoms with van der Waals surface area (Å²) in [6, 6.07) is 6.69. The van der Waals surface area contributed by atoms with E-state index in [9.17, 15) is 9.18 Å². The first-order chi connectivity index (χ1) is 12.5. The third-order valence-electron chi connectivity index (χ3n) is 5.60. The summed E-state index contributed by atoms with van der Waals surface area (Å²) in [5, 5.41) is 7.27. The first-order valence-electron chi connectivity index (χ1n) is 8.88. The van der Waals surface area contributed by atoms with E-state index < -0.39 is 0 Å². The van der Waals surface area contributed by atoms with Gasteiger partial charge >= 0.3 is 0 Å². The molecule has 1 aromatic heterocycles. The number of fused-ring (bicyclic) bond motifs is 1. The highest BCUT2D eigenvalue weighted by Crippen LogP contribution is 2.36. The lowest BCUT2D eigenvalue weighted by Crippen LogP contribution is -2.42. The number of hydrogen-bond donors (Lipinski definition) is 1. The minimum atomic E-state index is -0.246. The van der Waals surface area contributed by atoms with Gasteiger partial charge in [0.2, 0.25) is 5.91 Å². The van der Waals surface area contributed by atoms with E-state index in [0.29, 0.717) is 6.54 Å². The van der Waals surface area contributed by atoms with Gasteiger partial charge in [-0.25, -0.2) is 4.39 Å². The Bertz CT molecular complexity index is 804. The van der Waals surface area contributed by atoms with Gasteiger partial charge in [0.15, 0.2) is 0 Å². The highest BCUT2D eigenvalue weighted by molar-refractivity contribution is 5.77. The second-order valence-electron chi connectivity index (χ2n) is 7.11. The van der Waals surface area contributed by atoms with E-state index in [-0.39, 0.29) is 36.4 Å². The minimum Gasteiger partial charge on any atom is -0.366 e. The third-order valence-corrected chi connectivity index (χ3v) is 5.60. The van der Waals surface area contributed by atoms with Crippen LogP contribution < -0.4 is 5.32 Å². The van der Waals surface area contributed by atoms with Gasteiger partial charge in [0, 0.05) is 43.9 Å². The normalized spacial score (nSPS) is 26.4. The fourth-order valence-corrected chi connectivity index (χ4v) is 3.99. The average Bonchev–Trinajstić information content (AvgIpc) is 3.05. The summed E-state index contributed by atoms with van der Waals surface area (Å²) in [6.07, 6.45) is 1.79. The zero-order chi connectivity index (χ0) is 18.3. The summed E-state index contributed by atoms with van der Waals surface area (Å²) in [5.74, 6) is -0.232. The molecule has 0 saturated carbocycles. The third kappa shape index (κ3) is 3.12. The highest BCUT2D eigenvalue weighted by atomic mass is 19.1. The molecule has 2 saturated heterocycles. The zero-order valence-electron chi connectivity index (χ0n) is 15.0. The number of likely N-dealkylation sites (tertiary alicyclic amines) is 1. The van der Waals surface area contributed by atoms with E-state index in [0.717, 1.165) is 24.3 Å². The minimum absolute atomic E-state index is 0.0681. The molecule has 4 rings (SSSR count). The van der Waals surface area contributed by atoms with Crippen molar-refractivity contribution in [2.75, 3.05) is 19.7 Å².